The Kier molecular flexibility index (Phi) is 5.60. The summed E-state index contributed by atoms with van der Waals surface area (Å²) in [5, 5.41) is 7.35. The average Bonchev–Trinajstić information content (AvgIpc) is 3.49. The second kappa shape index (κ2) is 8.71. The van der Waals surface area contributed by atoms with E-state index in [-0.39, 0.29) is 18.4 Å². The van der Waals surface area contributed by atoms with Gasteiger partial charge in [-0.25, -0.2) is 0 Å². The lowest BCUT2D eigenvalue weighted by atomic mass is 10.1. The molecule has 2 amide bonds. The summed E-state index contributed by atoms with van der Waals surface area (Å²) in [6, 6.07) is 15.4. The number of benzene rings is 2. The summed E-state index contributed by atoms with van der Waals surface area (Å²) in [6.45, 7) is 2.73. The molecule has 5 rings (SSSR count). The van der Waals surface area contributed by atoms with Gasteiger partial charge in [0, 0.05) is 28.7 Å². The number of carbonyl (C=O) groups excluding carboxylic acids is 2. The Bertz CT molecular complexity index is 1270. The molecule has 2 fully saturated rings. The topological polar surface area (TPSA) is 75.6 Å². The summed E-state index contributed by atoms with van der Waals surface area (Å²) in [6.07, 6.45) is 5.80. The van der Waals surface area contributed by atoms with Gasteiger partial charge in [-0.05, 0) is 68.4 Å². The van der Waals surface area contributed by atoms with Crippen molar-refractivity contribution in [3.05, 3.63) is 66.0 Å². The van der Waals surface area contributed by atoms with Crippen LogP contribution in [-0.2, 0) is 16.1 Å². The molecule has 1 saturated heterocycles. The number of ether oxygens (including phenoxy) is 1. The highest BCUT2D eigenvalue weighted by Gasteiger charge is 2.32. The molecular weight excluding hydrogens is 436 g/mol. The van der Waals surface area contributed by atoms with Crippen LogP contribution in [0, 0.1) is 0 Å². The Morgan fingerprint density at radius 2 is 1.97 bits per heavy atom. The lowest BCUT2D eigenvalue weighted by Gasteiger charge is -2.14. The molecule has 0 unspecified atom stereocenters. The van der Waals surface area contributed by atoms with E-state index >= 15 is 0 Å². The molecule has 0 spiro atoms. The summed E-state index contributed by atoms with van der Waals surface area (Å²) < 4.78 is 7.40. The number of thiocarbonyl (C=S) groups is 1. The molecule has 2 heterocycles. The normalized spacial score (nSPS) is 17.0. The van der Waals surface area contributed by atoms with Crippen molar-refractivity contribution in [2.24, 2.45) is 0 Å². The number of anilines is 1. The van der Waals surface area contributed by atoms with Gasteiger partial charge in [0.2, 0.25) is 5.91 Å². The Morgan fingerprint density at radius 1 is 1.21 bits per heavy atom. The fourth-order valence-corrected chi connectivity index (χ4v) is 4.26. The Morgan fingerprint density at radius 3 is 2.70 bits per heavy atom. The van der Waals surface area contributed by atoms with E-state index < -0.39 is 0 Å². The summed E-state index contributed by atoms with van der Waals surface area (Å²) in [5.41, 5.74) is 2.84. The molecule has 0 bridgehead atoms. The van der Waals surface area contributed by atoms with E-state index in [0.717, 1.165) is 35.1 Å². The number of rotatable bonds is 7. The Labute approximate surface area is 197 Å². The van der Waals surface area contributed by atoms with Gasteiger partial charge < -0.3 is 19.9 Å². The molecule has 2 aromatic carbocycles. The predicted molar refractivity (Wildman–Crippen MR) is 132 cm³/mol. The zero-order valence-corrected chi connectivity index (χ0v) is 19.0. The van der Waals surface area contributed by atoms with Gasteiger partial charge in [-0.15, -0.1) is 0 Å². The summed E-state index contributed by atoms with van der Waals surface area (Å²) in [4.78, 5) is 27.0. The van der Waals surface area contributed by atoms with Gasteiger partial charge in [0.1, 0.15) is 18.0 Å². The van der Waals surface area contributed by atoms with Crippen molar-refractivity contribution in [2.45, 2.75) is 32.4 Å². The minimum absolute atomic E-state index is 0.00428. The highest BCUT2D eigenvalue weighted by molar-refractivity contribution is 7.80. The van der Waals surface area contributed by atoms with E-state index in [2.05, 4.69) is 10.6 Å². The summed E-state index contributed by atoms with van der Waals surface area (Å²) >= 11 is 5.44. The number of carbonyl (C=O) groups is 2. The average molecular weight is 461 g/mol. The van der Waals surface area contributed by atoms with E-state index in [0.29, 0.717) is 29.1 Å². The van der Waals surface area contributed by atoms with E-state index in [9.17, 15) is 9.59 Å². The van der Waals surface area contributed by atoms with Crippen molar-refractivity contribution in [3.63, 3.8) is 0 Å². The van der Waals surface area contributed by atoms with E-state index in [1.165, 1.54) is 4.90 Å². The van der Waals surface area contributed by atoms with E-state index in [1.807, 2.05) is 66.2 Å². The molecule has 8 heteroatoms. The lowest BCUT2D eigenvalue weighted by Crippen LogP contribution is -2.30. The minimum atomic E-state index is -0.229. The van der Waals surface area contributed by atoms with Crippen LogP contribution in [0.3, 0.4) is 0 Å². The number of nitrogens with one attached hydrogen (secondary N) is 2. The SMILES string of the molecule is CCOc1ccc(N2C(=O)/C(=C/c3cn(CC(=O)NC4CC4)c4ccccc34)NC2=S)cc1. The first-order chi connectivity index (χ1) is 16.0. The molecule has 1 aliphatic heterocycles. The van der Waals surface area contributed by atoms with Gasteiger partial charge >= 0.3 is 0 Å². The number of para-hydroxylation sites is 1. The highest BCUT2D eigenvalue weighted by atomic mass is 32.1. The second-order valence-electron chi connectivity index (χ2n) is 8.13. The number of fused-ring (bicyclic) bond motifs is 1. The van der Waals surface area contributed by atoms with Gasteiger partial charge in [0.05, 0.1) is 12.3 Å². The van der Waals surface area contributed by atoms with Gasteiger partial charge in [0.25, 0.3) is 5.91 Å². The number of amides is 2. The Hall–Kier alpha value is -3.65. The van der Waals surface area contributed by atoms with Crippen LogP contribution in [0.15, 0.2) is 60.4 Å². The predicted octanol–water partition coefficient (Wildman–Crippen LogP) is 3.58. The molecule has 0 atom stereocenters. The van der Waals surface area contributed by atoms with Crippen LogP contribution < -0.4 is 20.3 Å². The lowest BCUT2D eigenvalue weighted by molar-refractivity contribution is -0.121. The van der Waals surface area contributed by atoms with Crippen molar-refractivity contribution in [1.82, 2.24) is 15.2 Å². The number of hydrogen-bond donors (Lipinski definition) is 2. The first kappa shape index (κ1) is 21.2. The van der Waals surface area contributed by atoms with Crippen LogP contribution in [0.1, 0.15) is 25.3 Å². The van der Waals surface area contributed by atoms with Crippen molar-refractivity contribution >= 4 is 51.8 Å². The zero-order valence-electron chi connectivity index (χ0n) is 18.2. The first-order valence-electron chi connectivity index (χ1n) is 11.0. The van der Waals surface area contributed by atoms with Crippen LogP contribution >= 0.6 is 12.2 Å². The van der Waals surface area contributed by atoms with Crippen LogP contribution in [0.4, 0.5) is 5.69 Å². The maximum Gasteiger partial charge on any atom is 0.281 e. The van der Waals surface area contributed by atoms with Crippen molar-refractivity contribution in [3.8, 4) is 5.75 Å². The second-order valence-corrected chi connectivity index (χ2v) is 8.51. The molecule has 1 aliphatic carbocycles. The molecule has 168 valence electrons. The number of hydrogen-bond acceptors (Lipinski definition) is 4. The number of nitrogens with zero attached hydrogens (tertiary/aromatic N) is 2. The first-order valence-corrected chi connectivity index (χ1v) is 11.4. The molecule has 2 N–H and O–H groups in total. The summed E-state index contributed by atoms with van der Waals surface area (Å²) in [5.74, 6) is 0.504. The quantitative estimate of drug-likeness (QED) is 0.416. The molecule has 2 aliphatic rings. The van der Waals surface area contributed by atoms with Crippen LogP contribution in [0.2, 0.25) is 0 Å². The molecule has 0 radical (unpaired) electrons. The molecule has 33 heavy (non-hydrogen) atoms. The molecule has 1 aromatic heterocycles. The maximum atomic E-state index is 13.2. The minimum Gasteiger partial charge on any atom is -0.494 e. The van der Waals surface area contributed by atoms with Crippen LogP contribution in [0.25, 0.3) is 17.0 Å². The zero-order chi connectivity index (χ0) is 22.9. The highest BCUT2D eigenvalue weighted by Crippen LogP contribution is 2.28. The third-order valence-electron chi connectivity index (χ3n) is 5.66. The molecule has 3 aromatic rings. The van der Waals surface area contributed by atoms with Crippen LogP contribution in [0.5, 0.6) is 5.75 Å². The van der Waals surface area contributed by atoms with Gasteiger partial charge in [-0.3, -0.25) is 14.5 Å². The molecular formula is C25H24N4O3S. The largest absolute Gasteiger partial charge is 0.494 e. The third-order valence-corrected chi connectivity index (χ3v) is 5.94. The van der Waals surface area contributed by atoms with Gasteiger partial charge in [0.15, 0.2) is 5.11 Å². The Balaban J connectivity index is 1.42. The maximum absolute atomic E-state index is 13.2. The smallest absolute Gasteiger partial charge is 0.281 e. The van der Waals surface area contributed by atoms with Crippen molar-refractivity contribution < 1.29 is 14.3 Å². The van der Waals surface area contributed by atoms with Crippen LogP contribution in [-0.4, -0.2) is 34.1 Å². The van der Waals surface area contributed by atoms with E-state index in [4.69, 9.17) is 17.0 Å². The van der Waals surface area contributed by atoms with Gasteiger partial charge in [-0.1, -0.05) is 18.2 Å². The summed E-state index contributed by atoms with van der Waals surface area (Å²) in [7, 11) is 0. The third kappa shape index (κ3) is 4.34. The number of aromatic nitrogens is 1. The van der Waals surface area contributed by atoms with Crippen molar-refractivity contribution in [2.75, 3.05) is 11.5 Å². The standard InChI is InChI=1S/C25H24N4O3S/c1-2-32-19-11-9-18(10-12-19)29-24(31)21(27-25(29)33)13-16-14-28(15-23(30)26-17-7-8-17)22-6-4-3-5-20(16)22/h3-6,9-14,17H,2,7-8,15H2,1H3,(H,26,30)(H,27,33)/b21-13-. The fraction of sp³-hybridized carbons (Fsp3) is 0.240. The fourth-order valence-electron chi connectivity index (χ4n) is 3.96. The van der Waals surface area contributed by atoms with Crippen molar-refractivity contribution in [1.29, 1.82) is 0 Å². The van der Waals surface area contributed by atoms with Gasteiger partial charge in [-0.2, -0.15) is 0 Å². The molecule has 7 nitrogen and oxygen atoms in total. The molecule has 1 saturated carbocycles. The van der Waals surface area contributed by atoms with E-state index in [1.54, 1.807) is 6.08 Å². The monoisotopic (exact) mass is 460 g/mol.